The van der Waals surface area contributed by atoms with Crippen LogP contribution in [-0.4, -0.2) is 8.32 Å². The quantitative estimate of drug-likeness (QED) is 0.106. The second-order valence-corrected chi connectivity index (χ2v) is 19.8. The number of rotatable bonds is 4. The van der Waals surface area contributed by atoms with Gasteiger partial charge in [-0.3, -0.25) is 0 Å². The van der Waals surface area contributed by atoms with Crippen molar-refractivity contribution in [2.75, 3.05) is 0 Å². The Balaban J connectivity index is 1.57. The van der Waals surface area contributed by atoms with Gasteiger partial charge in [0.05, 0.1) is 0 Å². The average Bonchev–Trinajstić information content (AvgIpc) is 3.24. The lowest BCUT2D eigenvalue weighted by molar-refractivity contribution is 0.302. The fourth-order valence-electron chi connectivity index (χ4n) is 7.26. The molecule has 0 radical (unpaired) electrons. The fourth-order valence-corrected chi connectivity index (χ4v) is 11.1. The summed E-state index contributed by atoms with van der Waals surface area (Å²) in [7, 11) is -6.76. The Bertz CT molecular complexity index is 2470. The number of phosphoric ester groups is 1. The molecule has 0 amide bonds. The molecule has 238 valence electrons. The predicted octanol–water partition coefficient (Wildman–Crippen LogP) is 13.0. The smallest absolute Gasteiger partial charge is 0.394 e. The summed E-state index contributed by atoms with van der Waals surface area (Å²) in [6.07, 6.45) is 0. The average molecular weight is 673 g/mol. The first-order valence-electron chi connectivity index (χ1n) is 16.5. The summed E-state index contributed by atoms with van der Waals surface area (Å²) in [5.41, 5.74) is 5.61. The second-order valence-electron chi connectivity index (χ2n) is 13.6. The van der Waals surface area contributed by atoms with Crippen molar-refractivity contribution in [3.05, 3.63) is 146 Å². The highest BCUT2D eigenvalue weighted by molar-refractivity contribution is 7.51. The molecule has 0 spiro atoms. The second kappa shape index (κ2) is 11.2. The zero-order valence-electron chi connectivity index (χ0n) is 27.4. The zero-order chi connectivity index (χ0) is 33.3. The van der Waals surface area contributed by atoms with Crippen LogP contribution < -0.4 is 9.05 Å². The van der Waals surface area contributed by atoms with Crippen molar-refractivity contribution in [1.29, 1.82) is 0 Å². The summed E-state index contributed by atoms with van der Waals surface area (Å²) in [5.74, 6) is 1.01. The Hall–Kier alpha value is -5.19. The van der Waals surface area contributed by atoms with E-state index >= 15 is 4.57 Å². The van der Waals surface area contributed by atoms with Crippen LogP contribution in [0.15, 0.2) is 146 Å². The van der Waals surface area contributed by atoms with Crippen LogP contribution in [0.1, 0.15) is 0 Å². The Labute approximate surface area is 286 Å². The van der Waals surface area contributed by atoms with Gasteiger partial charge in [0.1, 0.15) is 11.5 Å². The van der Waals surface area contributed by atoms with E-state index in [4.69, 9.17) is 13.3 Å². The van der Waals surface area contributed by atoms with Gasteiger partial charge in [0, 0.05) is 21.9 Å². The minimum Gasteiger partial charge on any atom is -0.394 e. The van der Waals surface area contributed by atoms with Crippen LogP contribution in [0.5, 0.6) is 11.5 Å². The molecule has 1 aliphatic heterocycles. The maximum Gasteiger partial charge on any atom is 0.577 e. The molecule has 49 heavy (non-hydrogen) atoms. The number of hydrogen-bond acceptors (Lipinski definition) is 4. The number of hydrogen-bond donors (Lipinski definition) is 0. The van der Waals surface area contributed by atoms with Crippen LogP contribution in [-0.2, 0) is 8.78 Å². The number of benzene rings is 8. The first kappa shape index (κ1) is 29.9. The van der Waals surface area contributed by atoms with Gasteiger partial charge in [-0.05, 0) is 86.3 Å². The summed E-state index contributed by atoms with van der Waals surface area (Å²) >= 11 is 0. The standard InChI is InChI=1S/C43H33O4PSi/c1-49(2,3)47-48(44)45-42-38-32(24-22-30-18-10-12-20-34(30)38)26-36(28-14-6-4-7-15-28)40(42)41-37(29-16-8-5-9-17-29)27-33-25-23-31-19-11-13-21-35(31)39(33)43(41)46-48/h4-27H,1-3H3. The Kier molecular flexibility index (Phi) is 6.82. The van der Waals surface area contributed by atoms with E-state index in [1.54, 1.807) is 0 Å². The third-order valence-electron chi connectivity index (χ3n) is 9.18. The first-order valence-corrected chi connectivity index (χ1v) is 21.4. The summed E-state index contributed by atoms with van der Waals surface area (Å²) in [6, 6.07) is 50.2. The van der Waals surface area contributed by atoms with E-state index in [0.717, 1.165) is 76.5 Å². The summed E-state index contributed by atoms with van der Waals surface area (Å²) in [6.45, 7) is 6.02. The van der Waals surface area contributed by atoms with Crippen molar-refractivity contribution in [3.63, 3.8) is 0 Å². The first-order chi connectivity index (χ1) is 23.8. The van der Waals surface area contributed by atoms with Crippen molar-refractivity contribution >= 4 is 59.2 Å². The molecule has 0 N–H and O–H groups in total. The Morgan fingerprint density at radius 2 is 0.878 bits per heavy atom. The molecule has 0 aromatic heterocycles. The molecular weight excluding hydrogens is 640 g/mol. The minimum absolute atomic E-state index is 0.505. The van der Waals surface area contributed by atoms with Gasteiger partial charge in [-0.15, -0.1) is 0 Å². The van der Waals surface area contributed by atoms with Gasteiger partial charge in [-0.25, -0.2) is 4.57 Å². The van der Waals surface area contributed by atoms with Gasteiger partial charge >= 0.3 is 7.82 Å². The van der Waals surface area contributed by atoms with E-state index in [2.05, 4.69) is 84.9 Å². The van der Waals surface area contributed by atoms with Crippen LogP contribution in [0.25, 0.3) is 76.5 Å². The lowest BCUT2D eigenvalue weighted by atomic mass is 9.83. The third-order valence-corrected chi connectivity index (χ3v) is 13.1. The minimum atomic E-state index is -4.27. The largest absolute Gasteiger partial charge is 0.577 e. The van der Waals surface area contributed by atoms with E-state index in [1.807, 2.05) is 80.3 Å². The normalized spacial score (nSPS) is 13.9. The van der Waals surface area contributed by atoms with Crippen LogP contribution in [0.2, 0.25) is 19.6 Å². The maximum atomic E-state index is 15.4. The number of phosphoric acid groups is 1. The highest BCUT2D eigenvalue weighted by Crippen LogP contribution is 2.64. The summed E-state index contributed by atoms with van der Waals surface area (Å²) in [4.78, 5) is 0. The molecule has 9 rings (SSSR count). The van der Waals surface area contributed by atoms with Crippen LogP contribution in [0.4, 0.5) is 0 Å². The van der Waals surface area contributed by atoms with Gasteiger partial charge < -0.3 is 13.3 Å². The van der Waals surface area contributed by atoms with Crippen LogP contribution >= 0.6 is 7.82 Å². The monoisotopic (exact) mass is 672 g/mol. The molecule has 0 fully saturated rings. The maximum absolute atomic E-state index is 15.4. The number of fused-ring (bicyclic) bond motifs is 11. The van der Waals surface area contributed by atoms with Crippen molar-refractivity contribution < 1.29 is 17.8 Å². The molecule has 8 aromatic carbocycles. The Morgan fingerprint density at radius 3 is 1.31 bits per heavy atom. The summed E-state index contributed by atoms with van der Waals surface area (Å²) in [5, 5.41) is 7.84. The van der Waals surface area contributed by atoms with E-state index < -0.39 is 16.1 Å². The predicted molar refractivity (Wildman–Crippen MR) is 206 cm³/mol. The molecule has 0 saturated carbocycles. The highest BCUT2D eigenvalue weighted by atomic mass is 31.2. The van der Waals surface area contributed by atoms with E-state index in [1.165, 1.54) is 0 Å². The lowest BCUT2D eigenvalue weighted by Crippen LogP contribution is -2.26. The fraction of sp³-hybridized carbons (Fsp3) is 0.0698. The van der Waals surface area contributed by atoms with Crippen molar-refractivity contribution in [3.8, 4) is 44.9 Å². The molecule has 1 aliphatic rings. The molecule has 0 bridgehead atoms. The zero-order valence-corrected chi connectivity index (χ0v) is 29.3. The molecule has 4 nitrogen and oxygen atoms in total. The van der Waals surface area contributed by atoms with Gasteiger partial charge in [0.2, 0.25) is 8.32 Å². The molecule has 0 saturated heterocycles. The summed E-state index contributed by atoms with van der Waals surface area (Å²) < 4.78 is 35.7. The molecule has 0 atom stereocenters. The van der Waals surface area contributed by atoms with Crippen LogP contribution in [0.3, 0.4) is 0 Å². The van der Waals surface area contributed by atoms with Crippen molar-refractivity contribution in [1.82, 2.24) is 0 Å². The highest BCUT2D eigenvalue weighted by Gasteiger charge is 2.43. The lowest BCUT2D eigenvalue weighted by Gasteiger charge is -2.25. The van der Waals surface area contributed by atoms with Gasteiger partial charge in [0.25, 0.3) is 0 Å². The van der Waals surface area contributed by atoms with E-state index in [0.29, 0.717) is 11.5 Å². The topological polar surface area (TPSA) is 44.8 Å². The molecule has 6 heteroatoms. The molecule has 8 aromatic rings. The van der Waals surface area contributed by atoms with Crippen molar-refractivity contribution in [2.24, 2.45) is 0 Å². The van der Waals surface area contributed by atoms with E-state index in [-0.39, 0.29) is 0 Å². The Morgan fingerprint density at radius 1 is 0.490 bits per heavy atom. The SMILES string of the molecule is C[Si](C)(C)OP1(=O)Oc2c(c(-c3ccccc3)cc3ccc4ccccc4c23)-c2c(-c3ccccc3)cc3ccc4ccccc4c3c2O1. The molecule has 0 unspecified atom stereocenters. The van der Waals surface area contributed by atoms with Crippen molar-refractivity contribution in [2.45, 2.75) is 19.6 Å². The molecule has 1 heterocycles. The van der Waals surface area contributed by atoms with E-state index in [9.17, 15) is 0 Å². The van der Waals surface area contributed by atoms with Crippen LogP contribution in [0, 0.1) is 0 Å². The van der Waals surface area contributed by atoms with Gasteiger partial charge in [-0.2, -0.15) is 0 Å². The molecular formula is C43H33O4PSi. The van der Waals surface area contributed by atoms with Gasteiger partial charge in [0.15, 0.2) is 0 Å². The third kappa shape index (κ3) is 5.05. The van der Waals surface area contributed by atoms with Gasteiger partial charge in [-0.1, -0.05) is 133 Å². The molecule has 0 aliphatic carbocycles.